The van der Waals surface area contributed by atoms with E-state index in [2.05, 4.69) is 15.9 Å². The molecule has 2 aromatic carbocycles. The minimum absolute atomic E-state index is 0.237. The number of benzene rings is 2. The highest BCUT2D eigenvalue weighted by atomic mass is 79.9. The predicted octanol–water partition coefficient (Wildman–Crippen LogP) is 5.47. The number of hydrogen-bond donors (Lipinski definition) is 0. The zero-order valence-electron chi connectivity index (χ0n) is 9.09. The average Bonchev–Trinajstić information content (AvgIpc) is 2.34. The second-order valence-electron chi connectivity index (χ2n) is 3.60. The van der Waals surface area contributed by atoms with Crippen LogP contribution in [-0.2, 0) is 6.61 Å². The highest BCUT2D eigenvalue weighted by molar-refractivity contribution is 9.10. The van der Waals surface area contributed by atoms with Gasteiger partial charge in [-0.2, -0.15) is 0 Å². The minimum atomic E-state index is -0.371. The van der Waals surface area contributed by atoms with Crippen molar-refractivity contribution >= 4 is 39.1 Å². The van der Waals surface area contributed by atoms with Gasteiger partial charge in [0.2, 0.25) is 0 Å². The summed E-state index contributed by atoms with van der Waals surface area (Å²) in [5.74, 6) is 0.0661. The highest BCUT2D eigenvalue weighted by Crippen LogP contribution is 2.24. The molecule has 18 heavy (non-hydrogen) atoms. The fraction of sp³-hybridized carbons (Fsp3) is 0.0769. The van der Waals surface area contributed by atoms with Gasteiger partial charge >= 0.3 is 0 Å². The summed E-state index contributed by atoms with van der Waals surface area (Å²) in [4.78, 5) is 0. The lowest BCUT2D eigenvalue weighted by molar-refractivity contribution is 0.304. The molecule has 0 saturated carbocycles. The number of halogens is 4. The van der Waals surface area contributed by atoms with Crippen LogP contribution in [0.4, 0.5) is 4.39 Å². The van der Waals surface area contributed by atoms with Crippen molar-refractivity contribution in [3.8, 4) is 5.75 Å². The second kappa shape index (κ2) is 5.91. The van der Waals surface area contributed by atoms with Gasteiger partial charge in [0.15, 0.2) is 0 Å². The Labute approximate surface area is 123 Å². The Morgan fingerprint density at radius 3 is 2.61 bits per heavy atom. The van der Waals surface area contributed by atoms with E-state index in [9.17, 15) is 4.39 Å². The molecule has 0 heterocycles. The Bertz CT molecular complexity index is 575. The summed E-state index contributed by atoms with van der Waals surface area (Å²) in [7, 11) is 0. The Morgan fingerprint density at radius 1 is 1.11 bits per heavy atom. The summed E-state index contributed by atoms with van der Waals surface area (Å²) in [5, 5.41) is 1.15. The molecule has 0 aliphatic rings. The third-order valence-electron chi connectivity index (χ3n) is 2.29. The fourth-order valence-electron chi connectivity index (χ4n) is 1.38. The summed E-state index contributed by atoms with van der Waals surface area (Å²) in [5.41, 5.74) is 0.757. The van der Waals surface area contributed by atoms with Crippen molar-refractivity contribution in [1.82, 2.24) is 0 Å². The molecule has 0 unspecified atom stereocenters. The molecule has 0 aromatic heterocycles. The van der Waals surface area contributed by atoms with Gasteiger partial charge in [-0.3, -0.25) is 0 Å². The first-order valence-corrected chi connectivity index (χ1v) is 6.63. The maximum absolute atomic E-state index is 13.3. The molecule has 2 aromatic rings. The first-order chi connectivity index (χ1) is 8.56. The molecular weight excluding hydrogens is 342 g/mol. The van der Waals surface area contributed by atoms with E-state index in [0.717, 1.165) is 5.56 Å². The average molecular weight is 350 g/mol. The quantitative estimate of drug-likeness (QED) is 0.713. The predicted molar refractivity (Wildman–Crippen MR) is 74.9 cm³/mol. The Balaban J connectivity index is 2.11. The number of ether oxygens (including phenoxy) is 1. The van der Waals surface area contributed by atoms with Crippen LogP contribution in [0.2, 0.25) is 10.0 Å². The number of hydrogen-bond acceptors (Lipinski definition) is 1. The largest absolute Gasteiger partial charge is 0.489 e. The van der Waals surface area contributed by atoms with E-state index < -0.39 is 0 Å². The molecule has 0 aliphatic heterocycles. The topological polar surface area (TPSA) is 9.23 Å². The normalized spacial score (nSPS) is 10.4. The van der Waals surface area contributed by atoms with E-state index in [4.69, 9.17) is 27.9 Å². The molecule has 0 aliphatic carbocycles. The van der Waals surface area contributed by atoms with Gasteiger partial charge in [-0.15, -0.1) is 0 Å². The Hall–Kier alpha value is -0.770. The zero-order chi connectivity index (χ0) is 13.1. The van der Waals surface area contributed by atoms with Gasteiger partial charge in [0.1, 0.15) is 18.2 Å². The van der Waals surface area contributed by atoms with E-state index in [0.29, 0.717) is 20.3 Å². The molecule has 0 N–H and O–H groups in total. The van der Waals surface area contributed by atoms with Crippen LogP contribution in [0.1, 0.15) is 5.56 Å². The Morgan fingerprint density at radius 2 is 1.89 bits per heavy atom. The molecular formula is C13H8BrCl2FO. The van der Waals surface area contributed by atoms with Crippen molar-refractivity contribution < 1.29 is 9.13 Å². The number of rotatable bonds is 3. The molecule has 0 saturated heterocycles. The molecule has 0 bridgehead atoms. The van der Waals surface area contributed by atoms with Crippen LogP contribution in [0.5, 0.6) is 5.75 Å². The zero-order valence-corrected chi connectivity index (χ0v) is 12.2. The maximum atomic E-state index is 13.3. The summed E-state index contributed by atoms with van der Waals surface area (Å²) in [6, 6.07) is 9.69. The standard InChI is InChI=1S/C13H8BrCl2FO/c14-11-3-2-10(6-13(11)17)18-7-8-5-9(15)1-4-12(8)16/h1-6H,7H2. The van der Waals surface area contributed by atoms with Crippen LogP contribution in [-0.4, -0.2) is 0 Å². The molecule has 2 rings (SSSR count). The van der Waals surface area contributed by atoms with Crippen LogP contribution < -0.4 is 4.74 Å². The maximum Gasteiger partial charge on any atom is 0.141 e. The van der Waals surface area contributed by atoms with Crippen molar-refractivity contribution in [2.45, 2.75) is 6.61 Å². The van der Waals surface area contributed by atoms with Crippen LogP contribution >= 0.6 is 39.1 Å². The van der Waals surface area contributed by atoms with Crippen molar-refractivity contribution in [1.29, 1.82) is 0 Å². The molecule has 0 atom stereocenters. The van der Waals surface area contributed by atoms with Crippen LogP contribution in [0.25, 0.3) is 0 Å². The molecule has 1 nitrogen and oxygen atoms in total. The third-order valence-corrected chi connectivity index (χ3v) is 3.54. The van der Waals surface area contributed by atoms with E-state index in [1.165, 1.54) is 6.07 Å². The minimum Gasteiger partial charge on any atom is -0.489 e. The summed E-state index contributed by atoms with van der Waals surface area (Å²) < 4.78 is 19.1. The van der Waals surface area contributed by atoms with Crippen molar-refractivity contribution in [2.24, 2.45) is 0 Å². The highest BCUT2D eigenvalue weighted by Gasteiger charge is 2.05. The molecule has 0 radical (unpaired) electrons. The summed E-state index contributed by atoms with van der Waals surface area (Å²) in [6.07, 6.45) is 0. The van der Waals surface area contributed by atoms with Gasteiger partial charge in [0, 0.05) is 21.7 Å². The van der Waals surface area contributed by atoms with Gasteiger partial charge in [0.25, 0.3) is 0 Å². The van der Waals surface area contributed by atoms with Gasteiger partial charge in [-0.1, -0.05) is 23.2 Å². The lowest BCUT2D eigenvalue weighted by Gasteiger charge is -2.08. The van der Waals surface area contributed by atoms with Crippen LogP contribution in [0.15, 0.2) is 40.9 Å². The summed E-state index contributed by atoms with van der Waals surface area (Å²) in [6.45, 7) is 0.237. The van der Waals surface area contributed by atoms with Crippen molar-refractivity contribution in [3.05, 3.63) is 62.3 Å². The van der Waals surface area contributed by atoms with Crippen LogP contribution in [0.3, 0.4) is 0 Å². The molecule has 94 valence electrons. The first-order valence-electron chi connectivity index (χ1n) is 5.08. The van der Waals surface area contributed by atoms with E-state index in [-0.39, 0.29) is 12.4 Å². The van der Waals surface area contributed by atoms with E-state index in [1.807, 2.05) is 0 Å². The van der Waals surface area contributed by atoms with Crippen molar-refractivity contribution in [3.63, 3.8) is 0 Å². The fourth-order valence-corrected chi connectivity index (χ4v) is 2.00. The van der Waals surface area contributed by atoms with Gasteiger partial charge in [-0.05, 0) is 46.3 Å². The Kier molecular flexibility index (Phi) is 4.49. The molecule has 0 fully saturated rings. The molecule has 5 heteroatoms. The third kappa shape index (κ3) is 3.37. The van der Waals surface area contributed by atoms with Gasteiger partial charge in [-0.25, -0.2) is 4.39 Å². The second-order valence-corrected chi connectivity index (χ2v) is 5.30. The van der Waals surface area contributed by atoms with Gasteiger partial charge in [0.05, 0.1) is 4.47 Å². The van der Waals surface area contributed by atoms with E-state index in [1.54, 1.807) is 30.3 Å². The first kappa shape index (κ1) is 13.7. The molecule has 0 amide bonds. The SMILES string of the molecule is Fc1cc(OCc2cc(Cl)ccc2Cl)ccc1Br. The van der Waals surface area contributed by atoms with E-state index >= 15 is 0 Å². The lowest BCUT2D eigenvalue weighted by Crippen LogP contribution is -1.96. The van der Waals surface area contributed by atoms with Crippen molar-refractivity contribution in [2.75, 3.05) is 0 Å². The van der Waals surface area contributed by atoms with Gasteiger partial charge < -0.3 is 4.74 Å². The molecule has 0 spiro atoms. The smallest absolute Gasteiger partial charge is 0.141 e. The van der Waals surface area contributed by atoms with Crippen LogP contribution in [0, 0.1) is 5.82 Å². The summed E-state index contributed by atoms with van der Waals surface area (Å²) >= 11 is 14.9. The lowest BCUT2D eigenvalue weighted by atomic mass is 10.2. The monoisotopic (exact) mass is 348 g/mol.